The third-order valence-electron chi connectivity index (χ3n) is 3.72. The monoisotopic (exact) mass is 393 g/mol. The summed E-state index contributed by atoms with van der Waals surface area (Å²) in [5, 5.41) is 5.98. The Kier molecular flexibility index (Phi) is 5.21. The van der Waals surface area contributed by atoms with E-state index in [9.17, 15) is 18.0 Å². The molecule has 1 heterocycles. The predicted molar refractivity (Wildman–Crippen MR) is 92.2 cm³/mol. The number of aromatic nitrogens is 2. The van der Waals surface area contributed by atoms with E-state index in [1.807, 2.05) is 0 Å². The molecule has 0 aliphatic heterocycles. The third kappa shape index (κ3) is 4.05. The van der Waals surface area contributed by atoms with Crippen LogP contribution in [-0.2, 0) is 6.18 Å². The van der Waals surface area contributed by atoms with E-state index in [4.69, 9.17) is 9.47 Å². The van der Waals surface area contributed by atoms with Crippen molar-refractivity contribution in [1.29, 1.82) is 0 Å². The molecule has 10 heteroatoms. The predicted octanol–water partition coefficient (Wildman–Crippen LogP) is 4.02. The molecule has 28 heavy (non-hydrogen) atoms. The van der Waals surface area contributed by atoms with Gasteiger partial charge in [-0.25, -0.2) is 0 Å². The van der Waals surface area contributed by atoms with Crippen LogP contribution in [0.3, 0.4) is 0 Å². The number of nitrogens with one attached hydrogen (secondary N) is 1. The smallest absolute Gasteiger partial charge is 0.471 e. The van der Waals surface area contributed by atoms with Crippen LogP contribution in [0.25, 0.3) is 11.4 Å². The van der Waals surface area contributed by atoms with Crippen LogP contribution in [0.15, 0.2) is 47.0 Å². The quantitative estimate of drug-likeness (QED) is 0.705. The summed E-state index contributed by atoms with van der Waals surface area (Å²) in [4.78, 5) is 15.7. The van der Waals surface area contributed by atoms with Crippen molar-refractivity contribution < 1.29 is 32.0 Å². The summed E-state index contributed by atoms with van der Waals surface area (Å²) >= 11 is 0. The van der Waals surface area contributed by atoms with Crippen LogP contribution in [0, 0.1) is 0 Å². The zero-order valence-corrected chi connectivity index (χ0v) is 14.7. The van der Waals surface area contributed by atoms with Gasteiger partial charge in [0.2, 0.25) is 5.82 Å². The third-order valence-corrected chi connectivity index (χ3v) is 3.72. The van der Waals surface area contributed by atoms with Crippen LogP contribution in [-0.4, -0.2) is 30.3 Å². The first-order valence-electron chi connectivity index (χ1n) is 7.86. The number of alkyl halides is 3. The topological polar surface area (TPSA) is 86.5 Å². The normalized spacial score (nSPS) is 11.2. The Morgan fingerprint density at radius 1 is 1.04 bits per heavy atom. The summed E-state index contributed by atoms with van der Waals surface area (Å²) in [5.41, 5.74) is 1.08. The maximum Gasteiger partial charge on any atom is 0.471 e. The zero-order valence-electron chi connectivity index (χ0n) is 14.7. The van der Waals surface area contributed by atoms with Crippen molar-refractivity contribution in [3.8, 4) is 22.9 Å². The van der Waals surface area contributed by atoms with Gasteiger partial charge in [0.15, 0.2) is 11.5 Å². The van der Waals surface area contributed by atoms with Crippen molar-refractivity contribution >= 4 is 11.6 Å². The number of halogens is 3. The van der Waals surface area contributed by atoms with Crippen LogP contribution in [0.5, 0.6) is 11.5 Å². The average Bonchev–Trinajstić information content (AvgIpc) is 3.18. The number of carbonyl (C=O) groups excluding carboxylic acids is 1. The molecule has 0 saturated heterocycles. The molecule has 1 N–H and O–H groups in total. The van der Waals surface area contributed by atoms with Crippen molar-refractivity contribution in [2.45, 2.75) is 6.18 Å². The van der Waals surface area contributed by atoms with Crippen molar-refractivity contribution in [1.82, 2.24) is 10.1 Å². The molecule has 0 bridgehead atoms. The number of ether oxygens (including phenoxy) is 2. The van der Waals surface area contributed by atoms with Gasteiger partial charge in [0.25, 0.3) is 5.91 Å². The lowest BCUT2D eigenvalue weighted by Gasteiger charge is -2.10. The minimum atomic E-state index is -4.71. The molecular formula is C18H14F3N3O4. The summed E-state index contributed by atoms with van der Waals surface area (Å²) in [6.45, 7) is 0. The highest BCUT2D eigenvalue weighted by atomic mass is 19.4. The van der Waals surface area contributed by atoms with Gasteiger partial charge < -0.3 is 19.3 Å². The molecule has 146 valence electrons. The molecule has 3 rings (SSSR count). The molecule has 0 atom stereocenters. The number of amides is 1. The van der Waals surface area contributed by atoms with E-state index in [1.165, 1.54) is 44.6 Å². The second-order valence-corrected chi connectivity index (χ2v) is 5.52. The number of hydrogen-bond acceptors (Lipinski definition) is 6. The molecule has 0 aliphatic rings. The van der Waals surface area contributed by atoms with Crippen molar-refractivity contribution in [3.63, 3.8) is 0 Å². The van der Waals surface area contributed by atoms with Gasteiger partial charge in [0.05, 0.1) is 14.2 Å². The molecule has 0 unspecified atom stereocenters. The summed E-state index contributed by atoms with van der Waals surface area (Å²) in [6.07, 6.45) is -4.71. The highest BCUT2D eigenvalue weighted by Gasteiger charge is 2.38. The van der Waals surface area contributed by atoms with Gasteiger partial charge in [-0.2, -0.15) is 18.2 Å². The van der Waals surface area contributed by atoms with Gasteiger partial charge in [0.1, 0.15) is 0 Å². The van der Waals surface area contributed by atoms with E-state index < -0.39 is 18.0 Å². The largest absolute Gasteiger partial charge is 0.493 e. The van der Waals surface area contributed by atoms with Gasteiger partial charge in [-0.1, -0.05) is 5.16 Å². The maximum absolute atomic E-state index is 12.5. The Morgan fingerprint density at radius 3 is 2.29 bits per heavy atom. The summed E-state index contributed by atoms with van der Waals surface area (Å²) < 4.78 is 52.1. The van der Waals surface area contributed by atoms with Gasteiger partial charge in [-0.15, -0.1) is 0 Å². The summed E-state index contributed by atoms with van der Waals surface area (Å²) in [6, 6.07) is 10.7. The lowest BCUT2D eigenvalue weighted by Crippen LogP contribution is -2.12. The first-order valence-corrected chi connectivity index (χ1v) is 7.86. The number of hydrogen-bond donors (Lipinski definition) is 1. The Morgan fingerprint density at radius 2 is 1.71 bits per heavy atom. The fourth-order valence-electron chi connectivity index (χ4n) is 2.34. The second-order valence-electron chi connectivity index (χ2n) is 5.52. The molecule has 0 radical (unpaired) electrons. The first-order chi connectivity index (χ1) is 13.3. The van der Waals surface area contributed by atoms with Crippen molar-refractivity contribution in [2.75, 3.05) is 19.5 Å². The number of nitrogens with zero attached hydrogens (tertiary/aromatic N) is 2. The van der Waals surface area contributed by atoms with Crippen molar-refractivity contribution in [2.24, 2.45) is 0 Å². The van der Waals surface area contributed by atoms with Crippen LogP contribution in [0.1, 0.15) is 16.2 Å². The number of anilines is 1. The molecule has 0 aliphatic carbocycles. The maximum atomic E-state index is 12.5. The van der Waals surface area contributed by atoms with Crippen LogP contribution in [0.4, 0.5) is 18.9 Å². The number of carbonyl (C=O) groups is 1. The lowest BCUT2D eigenvalue weighted by atomic mass is 10.1. The van der Waals surface area contributed by atoms with E-state index in [1.54, 1.807) is 12.1 Å². The molecule has 0 saturated carbocycles. The van der Waals surface area contributed by atoms with E-state index in [2.05, 4.69) is 20.0 Å². The summed E-state index contributed by atoms with van der Waals surface area (Å²) in [5.74, 6) is -1.13. The van der Waals surface area contributed by atoms with Gasteiger partial charge >= 0.3 is 12.1 Å². The molecule has 0 fully saturated rings. The molecule has 3 aromatic rings. The van der Waals surface area contributed by atoms with Crippen LogP contribution in [0.2, 0.25) is 0 Å². The Hall–Kier alpha value is -3.56. The average molecular weight is 393 g/mol. The molecular weight excluding hydrogens is 379 g/mol. The fraction of sp³-hybridized carbons (Fsp3) is 0.167. The molecule has 0 spiro atoms. The Bertz CT molecular complexity index is 984. The molecule has 1 amide bonds. The molecule has 2 aromatic carbocycles. The number of rotatable bonds is 5. The fourth-order valence-corrected chi connectivity index (χ4v) is 2.34. The lowest BCUT2D eigenvalue weighted by molar-refractivity contribution is -0.159. The Balaban J connectivity index is 1.74. The van der Waals surface area contributed by atoms with E-state index in [0.717, 1.165) is 0 Å². The standard InChI is InChI=1S/C18H14F3N3O4/c1-26-13-8-5-11(9-14(13)27-2)16(25)22-12-6-3-10(4-7-12)15-23-17(28-24-15)18(19,20)21/h3-9H,1-2H3,(H,22,25). The second kappa shape index (κ2) is 7.59. The minimum absolute atomic E-state index is 0.204. The number of methoxy groups -OCH3 is 2. The SMILES string of the molecule is COc1ccc(C(=O)Nc2ccc(-c3noc(C(F)(F)F)n3)cc2)cc1OC. The van der Waals surface area contributed by atoms with Gasteiger partial charge in [-0.05, 0) is 42.5 Å². The highest BCUT2D eigenvalue weighted by molar-refractivity contribution is 6.04. The highest BCUT2D eigenvalue weighted by Crippen LogP contribution is 2.30. The molecule has 7 nitrogen and oxygen atoms in total. The zero-order chi connectivity index (χ0) is 20.3. The summed E-state index contributed by atoms with van der Waals surface area (Å²) in [7, 11) is 2.95. The van der Waals surface area contributed by atoms with E-state index in [-0.39, 0.29) is 5.82 Å². The van der Waals surface area contributed by atoms with Gasteiger partial charge in [0, 0.05) is 16.8 Å². The van der Waals surface area contributed by atoms with Crippen LogP contribution >= 0.6 is 0 Å². The van der Waals surface area contributed by atoms with Crippen LogP contribution < -0.4 is 14.8 Å². The van der Waals surface area contributed by atoms with E-state index >= 15 is 0 Å². The van der Waals surface area contributed by atoms with Crippen molar-refractivity contribution in [3.05, 3.63) is 53.9 Å². The Labute approximate surface area is 157 Å². The first kappa shape index (κ1) is 19.2. The number of benzene rings is 2. The molecule has 1 aromatic heterocycles. The van der Waals surface area contributed by atoms with Gasteiger partial charge in [-0.3, -0.25) is 4.79 Å². The minimum Gasteiger partial charge on any atom is -0.493 e. The van der Waals surface area contributed by atoms with E-state index in [0.29, 0.717) is 28.3 Å².